The normalized spacial score (nSPS) is 12.2. The molecule has 8 nitrogen and oxygen atoms in total. The van der Waals surface area contributed by atoms with Gasteiger partial charge in [0, 0.05) is 26.5 Å². The average molecular weight is 632 g/mol. The number of rotatable bonds is 8. The fourth-order valence-corrected chi connectivity index (χ4v) is 4.49. The zero-order valence-corrected chi connectivity index (χ0v) is 23.0. The van der Waals surface area contributed by atoms with Crippen LogP contribution in [0.1, 0.15) is 43.1 Å². The van der Waals surface area contributed by atoms with Crippen LogP contribution in [0.2, 0.25) is 0 Å². The van der Waals surface area contributed by atoms with E-state index in [2.05, 4.69) is 41.9 Å². The van der Waals surface area contributed by atoms with E-state index < -0.39 is 10.7 Å². The smallest absolute Gasteiger partial charge is 0.312 e. The number of benzene rings is 3. The third-order valence-electron chi connectivity index (χ3n) is 5.73. The SMILES string of the molecule is CC[C@@H](C)c1nc2ccc(Br)cc2c(=O)n1N=Cc1cc(Br)cc([N+](=O)[O-])c1OCc1cccc(F)c1. The molecule has 11 heteroatoms. The highest BCUT2D eigenvalue weighted by Crippen LogP contribution is 2.34. The Morgan fingerprint density at radius 2 is 1.97 bits per heavy atom. The minimum atomic E-state index is -0.575. The second-order valence-electron chi connectivity index (χ2n) is 8.32. The van der Waals surface area contributed by atoms with E-state index in [1.54, 1.807) is 24.3 Å². The number of halogens is 3. The van der Waals surface area contributed by atoms with Crippen molar-refractivity contribution in [2.45, 2.75) is 32.8 Å². The number of nitrogens with zero attached hydrogens (tertiary/aromatic N) is 4. The molecule has 4 aromatic rings. The lowest BCUT2D eigenvalue weighted by atomic mass is 10.1. The minimum absolute atomic E-state index is 0.0594. The highest BCUT2D eigenvalue weighted by atomic mass is 79.9. The van der Waals surface area contributed by atoms with Crippen LogP contribution in [0.15, 0.2) is 73.4 Å². The van der Waals surface area contributed by atoms with E-state index in [4.69, 9.17) is 4.74 Å². The molecule has 0 unspecified atom stereocenters. The number of nitro groups is 1. The van der Waals surface area contributed by atoms with Crippen molar-refractivity contribution < 1.29 is 14.1 Å². The fraction of sp³-hybridized carbons (Fsp3) is 0.192. The molecule has 0 spiro atoms. The molecule has 0 N–H and O–H groups in total. The number of fused-ring (bicyclic) bond motifs is 1. The van der Waals surface area contributed by atoms with Gasteiger partial charge in [-0.2, -0.15) is 9.78 Å². The summed E-state index contributed by atoms with van der Waals surface area (Å²) >= 11 is 6.68. The topological polar surface area (TPSA) is 99.6 Å². The van der Waals surface area contributed by atoms with E-state index in [-0.39, 0.29) is 35.1 Å². The van der Waals surface area contributed by atoms with Crippen LogP contribution in [0.25, 0.3) is 10.9 Å². The Bertz CT molecular complexity index is 1590. The zero-order valence-electron chi connectivity index (χ0n) is 19.8. The maximum Gasteiger partial charge on any atom is 0.312 e. The molecule has 1 aromatic heterocycles. The molecule has 0 aliphatic rings. The highest BCUT2D eigenvalue weighted by Gasteiger charge is 2.21. The van der Waals surface area contributed by atoms with E-state index in [0.29, 0.717) is 33.2 Å². The third kappa shape index (κ3) is 5.94. The Kier molecular flexibility index (Phi) is 8.13. The molecule has 0 saturated heterocycles. The predicted octanol–water partition coefficient (Wildman–Crippen LogP) is 6.94. The summed E-state index contributed by atoms with van der Waals surface area (Å²) < 4.78 is 21.8. The van der Waals surface area contributed by atoms with E-state index in [0.717, 1.165) is 4.47 Å². The van der Waals surface area contributed by atoms with Crippen molar-refractivity contribution in [2.75, 3.05) is 0 Å². The van der Waals surface area contributed by atoms with Crippen molar-refractivity contribution >= 4 is 54.7 Å². The maximum atomic E-state index is 13.6. The van der Waals surface area contributed by atoms with Crippen LogP contribution in [-0.2, 0) is 6.61 Å². The Hall–Kier alpha value is -3.44. The summed E-state index contributed by atoms with van der Waals surface area (Å²) in [6.45, 7) is 3.81. The molecular formula is C26H21Br2FN4O4. The second-order valence-corrected chi connectivity index (χ2v) is 10.2. The summed E-state index contributed by atoms with van der Waals surface area (Å²) in [6.07, 6.45) is 2.05. The molecule has 0 amide bonds. The molecule has 0 aliphatic heterocycles. The van der Waals surface area contributed by atoms with Crippen LogP contribution in [0.5, 0.6) is 5.75 Å². The van der Waals surface area contributed by atoms with Crippen molar-refractivity contribution in [1.82, 2.24) is 9.66 Å². The first-order valence-corrected chi connectivity index (χ1v) is 12.9. The van der Waals surface area contributed by atoms with Crippen molar-refractivity contribution in [3.05, 3.63) is 107 Å². The number of hydrogen-bond acceptors (Lipinski definition) is 6. The minimum Gasteiger partial charge on any atom is -0.481 e. The molecule has 190 valence electrons. The summed E-state index contributed by atoms with van der Waals surface area (Å²) in [5.41, 5.74) is 0.632. The van der Waals surface area contributed by atoms with Crippen LogP contribution >= 0.6 is 31.9 Å². The number of nitro benzene ring substituents is 1. The first-order valence-electron chi connectivity index (χ1n) is 11.3. The number of aromatic nitrogens is 2. The zero-order chi connectivity index (χ0) is 26.7. The van der Waals surface area contributed by atoms with Crippen LogP contribution in [-0.4, -0.2) is 20.8 Å². The van der Waals surface area contributed by atoms with Crippen LogP contribution < -0.4 is 10.3 Å². The second kappa shape index (κ2) is 11.3. The van der Waals surface area contributed by atoms with Crippen molar-refractivity contribution in [3.8, 4) is 5.75 Å². The molecule has 0 saturated carbocycles. The van der Waals surface area contributed by atoms with Gasteiger partial charge in [0.1, 0.15) is 18.2 Å². The quantitative estimate of drug-likeness (QED) is 0.119. The lowest BCUT2D eigenvalue weighted by Crippen LogP contribution is -2.23. The first kappa shape index (κ1) is 26.6. The van der Waals surface area contributed by atoms with Gasteiger partial charge in [-0.25, -0.2) is 9.37 Å². The van der Waals surface area contributed by atoms with Gasteiger partial charge < -0.3 is 4.74 Å². The molecule has 0 aliphatic carbocycles. The monoisotopic (exact) mass is 630 g/mol. The van der Waals surface area contributed by atoms with Gasteiger partial charge in [-0.1, -0.05) is 57.8 Å². The van der Waals surface area contributed by atoms with Crippen LogP contribution in [0.4, 0.5) is 10.1 Å². The summed E-state index contributed by atoms with van der Waals surface area (Å²) in [5, 5.41) is 16.6. The van der Waals surface area contributed by atoms with Crippen molar-refractivity contribution in [2.24, 2.45) is 5.10 Å². The molecule has 1 heterocycles. The Labute approximate surface area is 228 Å². The van der Waals surface area contributed by atoms with Gasteiger partial charge >= 0.3 is 5.69 Å². The first-order chi connectivity index (χ1) is 17.7. The fourth-order valence-electron chi connectivity index (χ4n) is 3.67. The van der Waals surface area contributed by atoms with Gasteiger partial charge in [0.2, 0.25) is 5.75 Å². The molecule has 3 aromatic carbocycles. The maximum absolute atomic E-state index is 13.6. The van der Waals surface area contributed by atoms with Gasteiger partial charge in [-0.15, -0.1) is 0 Å². The van der Waals surface area contributed by atoms with Gasteiger partial charge in [-0.05, 0) is 48.4 Å². The van der Waals surface area contributed by atoms with E-state index in [9.17, 15) is 19.3 Å². The highest BCUT2D eigenvalue weighted by molar-refractivity contribution is 9.10. The molecule has 0 fully saturated rings. The molecule has 4 rings (SSSR count). The van der Waals surface area contributed by atoms with E-state index >= 15 is 0 Å². The molecule has 37 heavy (non-hydrogen) atoms. The van der Waals surface area contributed by atoms with E-state index in [1.165, 1.54) is 35.2 Å². The largest absolute Gasteiger partial charge is 0.481 e. The third-order valence-corrected chi connectivity index (χ3v) is 6.68. The molecule has 0 bridgehead atoms. The van der Waals surface area contributed by atoms with Crippen LogP contribution in [0.3, 0.4) is 0 Å². The molecular weight excluding hydrogens is 611 g/mol. The van der Waals surface area contributed by atoms with E-state index in [1.807, 2.05) is 19.9 Å². The number of ether oxygens (including phenoxy) is 1. The average Bonchev–Trinajstić information content (AvgIpc) is 2.86. The van der Waals surface area contributed by atoms with Crippen LogP contribution in [0, 0.1) is 15.9 Å². The summed E-state index contributed by atoms with van der Waals surface area (Å²) in [4.78, 5) is 29.3. The standard InChI is InChI=1S/C26H21Br2FN4O4/c1-3-15(2)25-31-22-8-7-18(27)11-21(22)26(34)32(25)30-13-17-10-19(28)12-23(33(35)36)24(17)37-14-16-5-4-6-20(29)9-16/h4-13,15H,3,14H2,1-2H3/t15-/m1/s1. The lowest BCUT2D eigenvalue weighted by molar-refractivity contribution is -0.386. The summed E-state index contributed by atoms with van der Waals surface area (Å²) in [7, 11) is 0. The van der Waals surface area contributed by atoms with Crippen molar-refractivity contribution in [3.63, 3.8) is 0 Å². The molecule has 0 radical (unpaired) electrons. The van der Waals surface area contributed by atoms with Gasteiger partial charge in [0.15, 0.2) is 0 Å². The molecule has 1 atom stereocenters. The van der Waals surface area contributed by atoms with Gasteiger partial charge in [0.25, 0.3) is 5.56 Å². The summed E-state index contributed by atoms with van der Waals surface area (Å²) in [5.74, 6) is -0.125. The Morgan fingerprint density at radius 1 is 1.19 bits per heavy atom. The van der Waals surface area contributed by atoms with Crippen molar-refractivity contribution in [1.29, 1.82) is 0 Å². The Morgan fingerprint density at radius 3 is 2.68 bits per heavy atom. The summed E-state index contributed by atoms with van der Waals surface area (Å²) in [6, 6.07) is 13.9. The lowest BCUT2D eigenvalue weighted by Gasteiger charge is -2.14. The number of hydrogen-bond donors (Lipinski definition) is 0. The predicted molar refractivity (Wildman–Crippen MR) is 147 cm³/mol. The van der Waals surface area contributed by atoms with Gasteiger partial charge in [-0.3, -0.25) is 14.9 Å². The van der Waals surface area contributed by atoms with Gasteiger partial charge in [0.05, 0.1) is 22.0 Å². The Balaban J connectivity index is 1.84.